The van der Waals surface area contributed by atoms with Crippen LogP contribution in [-0.2, 0) is 16.0 Å². The largest absolute Gasteiger partial charge is 0.383 e. The van der Waals surface area contributed by atoms with Crippen molar-refractivity contribution in [2.24, 2.45) is 4.99 Å². The second-order valence-corrected chi connectivity index (χ2v) is 4.84. The van der Waals surface area contributed by atoms with Crippen molar-refractivity contribution in [3.05, 3.63) is 35.6 Å². The summed E-state index contributed by atoms with van der Waals surface area (Å²) in [7, 11) is 1.58. The minimum absolute atomic E-state index is 0.0512. The number of amides is 1. The smallest absolute Gasteiger partial charge is 0.241 e. The first kappa shape index (κ1) is 18.9. The molecule has 1 rings (SSSR count). The van der Waals surface area contributed by atoms with Crippen LogP contribution in [0.4, 0.5) is 4.39 Å². The van der Waals surface area contributed by atoms with Crippen LogP contribution in [-0.4, -0.2) is 51.8 Å². The van der Waals surface area contributed by atoms with Gasteiger partial charge in [-0.05, 0) is 31.0 Å². The molecule has 0 atom stereocenters. The lowest BCUT2D eigenvalue weighted by Crippen LogP contribution is -2.39. The van der Waals surface area contributed by atoms with Crippen LogP contribution in [0.15, 0.2) is 29.3 Å². The number of halogens is 1. The maximum Gasteiger partial charge on any atom is 0.241 e. The van der Waals surface area contributed by atoms with E-state index in [4.69, 9.17) is 4.74 Å². The molecule has 128 valence electrons. The van der Waals surface area contributed by atoms with Crippen molar-refractivity contribution in [3.63, 3.8) is 0 Å². The van der Waals surface area contributed by atoms with E-state index in [1.807, 2.05) is 6.92 Å². The number of methoxy groups -OCH3 is 1. The van der Waals surface area contributed by atoms with E-state index >= 15 is 0 Å². The van der Waals surface area contributed by atoms with Crippen molar-refractivity contribution >= 4 is 11.9 Å². The van der Waals surface area contributed by atoms with E-state index in [2.05, 4.69) is 20.9 Å². The van der Waals surface area contributed by atoms with Gasteiger partial charge in [0.1, 0.15) is 12.4 Å². The minimum Gasteiger partial charge on any atom is -0.383 e. The fraction of sp³-hybridized carbons (Fsp3) is 0.500. The summed E-state index contributed by atoms with van der Waals surface area (Å²) in [6, 6.07) is 6.40. The van der Waals surface area contributed by atoms with Gasteiger partial charge < -0.3 is 20.7 Å². The van der Waals surface area contributed by atoms with Crippen LogP contribution in [0.5, 0.6) is 0 Å². The Hall–Kier alpha value is -2.15. The third kappa shape index (κ3) is 8.77. The molecule has 1 aromatic rings. The Morgan fingerprint density at radius 1 is 1.17 bits per heavy atom. The normalized spacial score (nSPS) is 11.2. The Kier molecular flexibility index (Phi) is 9.38. The van der Waals surface area contributed by atoms with Gasteiger partial charge in [-0.1, -0.05) is 12.1 Å². The van der Waals surface area contributed by atoms with E-state index in [1.165, 1.54) is 12.1 Å². The van der Waals surface area contributed by atoms with Crippen LogP contribution in [0.25, 0.3) is 0 Å². The summed E-state index contributed by atoms with van der Waals surface area (Å²) in [5, 5.41) is 8.93. The number of carbonyl (C=O) groups excluding carboxylic acids is 1. The molecule has 0 aliphatic rings. The Bertz CT molecular complexity index is 491. The summed E-state index contributed by atoms with van der Waals surface area (Å²) in [5.41, 5.74) is 1.03. The molecule has 0 heterocycles. The molecule has 1 aromatic carbocycles. The Balaban J connectivity index is 2.36. The van der Waals surface area contributed by atoms with Crippen LogP contribution in [0.3, 0.4) is 0 Å². The summed E-state index contributed by atoms with van der Waals surface area (Å²) in [4.78, 5) is 15.8. The summed E-state index contributed by atoms with van der Waals surface area (Å²) in [5.74, 6) is 0.186. The molecular formula is C16H25FN4O2. The number of ether oxygens (including phenoxy) is 1. The second-order valence-electron chi connectivity index (χ2n) is 4.84. The van der Waals surface area contributed by atoms with Gasteiger partial charge >= 0.3 is 0 Å². The number of carbonyl (C=O) groups is 1. The molecule has 0 bridgehead atoms. The number of hydrogen-bond acceptors (Lipinski definition) is 3. The topological polar surface area (TPSA) is 74.8 Å². The van der Waals surface area contributed by atoms with Gasteiger partial charge in [-0.2, -0.15) is 0 Å². The van der Waals surface area contributed by atoms with Crippen LogP contribution >= 0.6 is 0 Å². The molecule has 0 fully saturated rings. The maximum absolute atomic E-state index is 12.8. The van der Waals surface area contributed by atoms with E-state index in [0.717, 1.165) is 12.0 Å². The highest BCUT2D eigenvalue weighted by molar-refractivity contribution is 5.84. The molecule has 0 saturated carbocycles. The molecular weight excluding hydrogens is 299 g/mol. The van der Waals surface area contributed by atoms with E-state index in [-0.39, 0.29) is 18.3 Å². The van der Waals surface area contributed by atoms with Crippen LogP contribution in [0.2, 0.25) is 0 Å². The van der Waals surface area contributed by atoms with Gasteiger partial charge in [0, 0.05) is 26.7 Å². The predicted octanol–water partition coefficient (Wildman–Crippen LogP) is 0.686. The van der Waals surface area contributed by atoms with Crippen molar-refractivity contribution in [2.75, 3.05) is 39.9 Å². The standard InChI is InChI=1S/C16H25FN4O2/c1-3-18-16(21-12-15(22)19-10-11-23-2)20-9-8-13-4-6-14(17)7-5-13/h4-7H,3,8-12H2,1-2H3,(H,19,22)(H2,18,20,21). The molecule has 0 spiro atoms. The van der Waals surface area contributed by atoms with E-state index < -0.39 is 0 Å². The zero-order valence-corrected chi connectivity index (χ0v) is 13.7. The van der Waals surface area contributed by atoms with Gasteiger partial charge in [-0.15, -0.1) is 0 Å². The summed E-state index contributed by atoms with van der Waals surface area (Å²) in [6.45, 7) is 4.30. The number of nitrogens with zero attached hydrogens (tertiary/aromatic N) is 1. The van der Waals surface area contributed by atoms with E-state index in [1.54, 1.807) is 19.2 Å². The summed E-state index contributed by atoms with van der Waals surface area (Å²) < 4.78 is 17.7. The van der Waals surface area contributed by atoms with Gasteiger partial charge in [0.2, 0.25) is 5.91 Å². The zero-order chi connectivity index (χ0) is 16.9. The SMILES string of the molecule is CCNC(=NCC(=O)NCCOC)NCCc1ccc(F)cc1. The lowest BCUT2D eigenvalue weighted by molar-refractivity contribution is -0.119. The van der Waals surface area contributed by atoms with Crippen molar-refractivity contribution in [1.29, 1.82) is 0 Å². The van der Waals surface area contributed by atoms with Gasteiger partial charge in [-0.3, -0.25) is 4.79 Å². The third-order valence-electron chi connectivity index (χ3n) is 2.97. The van der Waals surface area contributed by atoms with Crippen molar-refractivity contribution in [1.82, 2.24) is 16.0 Å². The molecule has 23 heavy (non-hydrogen) atoms. The number of nitrogens with one attached hydrogen (secondary N) is 3. The predicted molar refractivity (Wildman–Crippen MR) is 89.0 cm³/mol. The van der Waals surface area contributed by atoms with Crippen LogP contribution < -0.4 is 16.0 Å². The van der Waals surface area contributed by atoms with Crippen LogP contribution in [0.1, 0.15) is 12.5 Å². The average molecular weight is 324 g/mol. The molecule has 0 radical (unpaired) electrons. The van der Waals surface area contributed by atoms with Gasteiger partial charge in [0.25, 0.3) is 0 Å². The zero-order valence-electron chi connectivity index (χ0n) is 13.7. The minimum atomic E-state index is -0.240. The van der Waals surface area contributed by atoms with E-state index in [0.29, 0.717) is 32.2 Å². The van der Waals surface area contributed by atoms with Crippen LogP contribution in [0, 0.1) is 5.82 Å². The molecule has 0 aliphatic carbocycles. The summed E-state index contributed by atoms with van der Waals surface area (Å²) >= 11 is 0. The molecule has 6 nitrogen and oxygen atoms in total. The molecule has 7 heteroatoms. The molecule has 0 aromatic heterocycles. The monoisotopic (exact) mass is 324 g/mol. The fourth-order valence-electron chi connectivity index (χ4n) is 1.82. The first-order valence-electron chi connectivity index (χ1n) is 7.68. The van der Waals surface area contributed by atoms with Gasteiger partial charge in [0.15, 0.2) is 5.96 Å². The molecule has 3 N–H and O–H groups in total. The third-order valence-corrected chi connectivity index (χ3v) is 2.97. The van der Waals surface area contributed by atoms with Gasteiger partial charge in [0.05, 0.1) is 6.61 Å². The second kappa shape index (κ2) is 11.4. The Morgan fingerprint density at radius 3 is 2.57 bits per heavy atom. The van der Waals surface area contributed by atoms with Crippen molar-refractivity contribution in [3.8, 4) is 0 Å². The fourth-order valence-corrected chi connectivity index (χ4v) is 1.82. The quantitative estimate of drug-likeness (QED) is 0.355. The maximum atomic E-state index is 12.8. The molecule has 0 unspecified atom stereocenters. The Labute approximate surface area is 136 Å². The lowest BCUT2D eigenvalue weighted by atomic mass is 10.1. The summed E-state index contributed by atoms with van der Waals surface area (Å²) in [6.07, 6.45) is 0.741. The number of hydrogen-bond donors (Lipinski definition) is 3. The number of benzene rings is 1. The first-order valence-corrected chi connectivity index (χ1v) is 7.68. The average Bonchev–Trinajstić information content (AvgIpc) is 2.54. The van der Waals surface area contributed by atoms with Crippen molar-refractivity contribution in [2.45, 2.75) is 13.3 Å². The molecule has 0 aliphatic heterocycles. The number of rotatable bonds is 9. The number of aliphatic imine (C=N–C) groups is 1. The highest BCUT2D eigenvalue weighted by Gasteiger charge is 2.02. The highest BCUT2D eigenvalue weighted by atomic mass is 19.1. The van der Waals surface area contributed by atoms with E-state index in [9.17, 15) is 9.18 Å². The Morgan fingerprint density at radius 2 is 1.91 bits per heavy atom. The first-order chi connectivity index (χ1) is 11.2. The molecule has 1 amide bonds. The van der Waals surface area contributed by atoms with Gasteiger partial charge in [-0.25, -0.2) is 9.38 Å². The number of guanidine groups is 1. The lowest BCUT2D eigenvalue weighted by Gasteiger charge is -2.11. The highest BCUT2D eigenvalue weighted by Crippen LogP contribution is 2.02. The van der Waals surface area contributed by atoms with Crippen molar-refractivity contribution < 1.29 is 13.9 Å². The molecule has 0 saturated heterocycles.